The summed E-state index contributed by atoms with van der Waals surface area (Å²) in [6.45, 7) is 2.30. The quantitative estimate of drug-likeness (QED) is 0.0739. The Hall–Kier alpha value is -1.43. The molecule has 0 spiro atoms. The largest absolute Gasteiger partial charge is 0.673 e. The Balaban J connectivity index is 0.00000118. The fraction of sp³-hybridized carbons (Fsp3) is 0.600. The van der Waals surface area contributed by atoms with Gasteiger partial charge in [0.25, 0.3) is 0 Å². The third-order valence-electron chi connectivity index (χ3n) is 6.26. The summed E-state index contributed by atoms with van der Waals surface area (Å²) in [4.78, 5) is 2.99. The summed E-state index contributed by atoms with van der Waals surface area (Å²) in [7, 11) is -5.77. The first kappa shape index (κ1) is 32.6. The average molecular weight is 527 g/mol. The van der Waals surface area contributed by atoms with E-state index in [-0.39, 0.29) is 10.9 Å². The summed E-state index contributed by atoms with van der Waals surface area (Å²) in [6.07, 6.45) is 23.0. The molecule has 0 aromatic heterocycles. The van der Waals surface area contributed by atoms with Gasteiger partial charge in [-0.1, -0.05) is 133 Å². The topological polar surface area (TPSA) is 0 Å². The van der Waals surface area contributed by atoms with Crippen LogP contribution in [-0.4, -0.2) is 13.0 Å². The number of halogens is 4. The molecule has 2 aromatic rings. The van der Waals surface area contributed by atoms with E-state index in [4.69, 9.17) is 0 Å². The van der Waals surface area contributed by atoms with Crippen LogP contribution in [0.4, 0.5) is 17.3 Å². The molecular weight excluding hydrogens is 479 g/mol. The van der Waals surface area contributed by atoms with Gasteiger partial charge in [-0.15, -0.1) is 0 Å². The molecular formula is C30H47BF4S. The first-order valence-corrected chi connectivity index (χ1v) is 15.5. The van der Waals surface area contributed by atoms with Crippen LogP contribution in [0.2, 0.25) is 0 Å². The Kier molecular flexibility index (Phi) is 19.6. The van der Waals surface area contributed by atoms with Crippen LogP contribution in [0, 0.1) is 0 Å². The van der Waals surface area contributed by atoms with Crippen molar-refractivity contribution in [2.24, 2.45) is 0 Å². The van der Waals surface area contributed by atoms with Gasteiger partial charge >= 0.3 is 7.25 Å². The van der Waals surface area contributed by atoms with Crippen LogP contribution >= 0.6 is 0 Å². The first-order valence-electron chi connectivity index (χ1n) is 14.1. The highest BCUT2D eigenvalue weighted by Gasteiger charge is 2.24. The van der Waals surface area contributed by atoms with E-state index in [0.717, 1.165) is 0 Å². The molecule has 0 saturated heterocycles. The molecule has 2 rings (SSSR count). The molecule has 0 amide bonds. The van der Waals surface area contributed by atoms with Crippen LogP contribution < -0.4 is 0 Å². The fourth-order valence-electron chi connectivity index (χ4n) is 4.34. The molecule has 0 N–H and O–H groups in total. The molecule has 0 nitrogen and oxygen atoms in total. The number of benzene rings is 2. The van der Waals surface area contributed by atoms with Crippen molar-refractivity contribution in [3.63, 3.8) is 0 Å². The molecule has 0 heterocycles. The van der Waals surface area contributed by atoms with E-state index in [1.165, 1.54) is 118 Å². The molecule has 0 saturated carbocycles. The van der Waals surface area contributed by atoms with Gasteiger partial charge in [0.2, 0.25) is 0 Å². The van der Waals surface area contributed by atoms with Crippen LogP contribution in [0.25, 0.3) is 0 Å². The summed E-state index contributed by atoms with van der Waals surface area (Å²) in [5.74, 6) is 1.30. The van der Waals surface area contributed by atoms with Gasteiger partial charge in [0.05, 0.1) is 10.9 Å². The maximum atomic E-state index is 9.75. The summed E-state index contributed by atoms with van der Waals surface area (Å²) >= 11 is 0. The molecule has 36 heavy (non-hydrogen) atoms. The Bertz CT molecular complexity index is 679. The minimum Gasteiger partial charge on any atom is -0.418 e. The van der Waals surface area contributed by atoms with Gasteiger partial charge in [0, 0.05) is 0 Å². The van der Waals surface area contributed by atoms with E-state index >= 15 is 0 Å². The molecule has 0 atom stereocenters. The second-order valence-electron chi connectivity index (χ2n) is 9.52. The van der Waals surface area contributed by atoms with E-state index < -0.39 is 7.25 Å². The second-order valence-corrected chi connectivity index (χ2v) is 11.7. The predicted octanol–water partition coefficient (Wildman–Crippen LogP) is 11.3. The van der Waals surface area contributed by atoms with E-state index in [0.29, 0.717) is 0 Å². The fourth-order valence-corrected chi connectivity index (χ4v) is 6.54. The van der Waals surface area contributed by atoms with Gasteiger partial charge in [-0.05, 0) is 37.1 Å². The lowest BCUT2D eigenvalue weighted by Crippen LogP contribution is -2.08. The van der Waals surface area contributed by atoms with Crippen molar-refractivity contribution in [2.75, 3.05) is 5.75 Å². The van der Waals surface area contributed by atoms with Gasteiger partial charge in [-0.25, -0.2) is 0 Å². The zero-order valence-corrected chi connectivity index (χ0v) is 23.1. The molecule has 0 fully saturated rings. The molecule has 2 aromatic carbocycles. The normalized spacial score (nSPS) is 11.4. The molecule has 0 radical (unpaired) electrons. The summed E-state index contributed by atoms with van der Waals surface area (Å²) < 4.78 is 39.0. The minimum absolute atomic E-state index is 0.231. The van der Waals surface area contributed by atoms with Crippen molar-refractivity contribution >= 4 is 18.1 Å². The molecule has 0 aliphatic carbocycles. The molecule has 6 heteroatoms. The van der Waals surface area contributed by atoms with Crippen LogP contribution in [-0.2, 0) is 10.9 Å². The SMILES string of the molecule is CCCCCCCCCCCCCCCCCC[S+](c1ccccc1)c1ccccc1.F[B-](F)(F)F. The van der Waals surface area contributed by atoms with Gasteiger partial charge in [-0.2, -0.15) is 0 Å². The molecule has 0 bridgehead atoms. The number of hydrogen-bond acceptors (Lipinski definition) is 0. The molecule has 0 aliphatic heterocycles. The third-order valence-corrected chi connectivity index (χ3v) is 8.64. The van der Waals surface area contributed by atoms with Crippen LogP contribution in [0.15, 0.2) is 70.5 Å². The Morgan fingerprint density at radius 1 is 0.472 bits per heavy atom. The Morgan fingerprint density at radius 3 is 1.06 bits per heavy atom. The lowest BCUT2D eigenvalue weighted by molar-refractivity contribution is 0.368. The highest BCUT2D eigenvalue weighted by molar-refractivity contribution is 7.97. The van der Waals surface area contributed by atoms with E-state index in [1.807, 2.05) is 0 Å². The Labute approximate surface area is 221 Å². The summed E-state index contributed by atoms with van der Waals surface area (Å²) in [5.41, 5.74) is 0. The predicted molar refractivity (Wildman–Crippen MR) is 151 cm³/mol. The standard InChI is InChI=1S/C30H47S.BF4/c1-2-3-4-5-6-7-8-9-10-11-12-13-14-15-16-23-28-31(29-24-19-17-20-25-29)30-26-21-18-22-27-30;2-1(3,4)5/h17-22,24-27H,2-16,23,28H2,1H3;/q+1;-1. The highest BCUT2D eigenvalue weighted by atomic mass is 32.2. The number of rotatable bonds is 19. The van der Waals surface area contributed by atoms with Crippen molar-refractivity contribution in [2.45, 2.75) is 119 Å². The van der Waals surface area contributed by atoms with Gasteiger partial charge in [0.1, 0.15) is 5.75 Å². The molecule has 0 aliphatic rings. The van der Waals surface area contributed by atoms with E-state index in [2.05, 4.69) is 67.6 Å². The number of hydrogen-bond donors (Lipinski definition) is 0. The third kappa shape index (κ3) is 19.7. The first-order chi connectivity index (χ1) is 17.4. The van der Waals surface area contributed by atoms with E-state index in [1.54, 1.807) is 0 Å². The summed E-state index contributed by atoms with van der Waals surface area (Å²) in [5, 5.41) is 0. The smallest absolute Gasteiger partial charge is 0.418 e. The van der Waals surface area contributed by atoms with Crippen LogP contribution in [0.5, 0.6) is 0 Å². The summed E-state index contributed by atoms with van der Waals surface area (Å²) in [6, 6.07) is 22.2. The zero-order valence-electron chi connectivity index (χ0n) is 22.3. The van der Waals surface area contributed by atoms with Crippen molar-refractivity contribution in [1.29, 1.82) is 0 Å². The van der Waals surface area contributed by atoms with E-state index in [9.17, 15) is 17.3 Å². The van der Waals surface area contributed by atoms with Crippen molar-refractivity contribution in [1.82, 2.24) is 0 Å². The maximum absolute atomic E-state index is 9.75. The molecule has 0 unspecified atom stereocenters. The zero-order chi connectivity index (χ0) is 26.3. The van der Waals surface area contributed by atoms with Crippen LogP contribution in [0.3, 0.4) is 0 Å². The van der Waals surface area contributed by atoms with Gasteiger partial charge < -0.3 is 17.3 Å². The lowest BCUT2D eigenvalue weighted by Gasteiger charge is -2.08. The van der Waals surface area contributed by atoms with Crippen LogP contribution in [0.1, 0.15) is 110 Å². The monoisotopic (exact) mass is 526 g/mol. The molecule has 204 valence electrons. The highest BCUT2D eigenvalue weighted by Crippen LogP contribution is 2.25. The van der Waals surface area contributed by atoms with Gasteiger partial charge in [0.15, 0.2) is 9.79 Å². The van der Waals surface area contributed by atoms with Gasteiger partial charge in [-0.3, -0.25) is 0 Å². The maximum Gasteiger partial charge on any atom is 0.673 e. The Morgan fingerprint density at radius 2 is 0.750 bits per heavy atom. The van der Waals surface area contributed by atoms with Crippen molar-refractivity contribution in [3.8, 4) is 0 Å². The average Bonchev–Trinajstić information content (AvgIpc) is 2.86. The van der Waals surface area contributed by atoms with Crippen molar-refractivity contribution in [3.05, 3.63) is 60.7 Å². The minimum atomic E-state index is -6.00. The lowest BCUT2D eigenvalue weighted by atomic mass is 10.0. The number of unbranched alkanes of at least 4 members (excludes halogenated alkanes) is 15. The second kappa shape index (κ2) is 21.6. The van der Waals surface area contributed by atoms with Crippen molar-refractivity contribution < 1.29 is 17.3 Å².